The zero-order valence-electron chi connectivity index (χ0n) is 27.7. The average Bonchev–Trinajstić information content (AvgIpc) is 3.62. The molecule has 0 aliphatic carbocycles. The first-order valence-electron chi connectivity index (χ1n) is 16.4. The molecule has 266 valence electrons. The minimum atomic E-state index is -1.00. The maximum atomic E-state index is 11.9. The van der Waals surface area contributed by atoms with Gasteiger partial charge < -0.3 is 28.8 Å². The standard InChI is InChI=1S/C20H28O5.C13H22O5.BCl3/c1-2-3-4-8-11-18(21)24-16-20(13-12-19(22)25-20)15-23-14-17-9-6-5-7-10-17;1-2-3-4-5-6-11(15)17-10-13(9-14)8-7-12(16)18-13;2-1(3)4/h5-7,9-10H,2-4,8,11-16H2,1H3;14H,2-10H2,1H3;. The smallest absolute Gasteiger partial charge is 0.450 e. The summed E-state index contributed by atoms with van der Waals surface area (Å²) in [6.07, 6.45) is 10.5. The molecule has 0 bridgehead atoms. The van der Waals surface area contributed by atoms with Crippen molar-refractivity contribution in [3.8, 4) is 0 Å². The number of esters is 4. The molecule has 1 aromatic carbocycles. The number of halogens is 3. The molecule has 2 atom stereocenters. The predicted molar refractivity (Wildman–Crippen MR) is 182 cm³/mol. The Hall–Kier alpha value is -2.05. The topological polar surface area (TPSA) is 135 Å². The molecule has 3 rings (SSSR count). The minimum absolute atomic E-state index is 0.0398. The fraction of sp³-hybridized carbons (Fsp3) is 0.697. The highest BCUT2D eigenvalue weighted by molar-refractivity contribution is 7.54. The normalized spacial score (nSPS) is 19.8. The number of unbranched alkanes of at least 4 members (excludes halogenated alkanes) is 6. The van der Waals surface area contributed by atoms with E-state index in [4.69, 9.17) is 58.1 Å². The number of hydrogen-bond donors (Lipinski definition) is 1. The van der Waals surface area contributed by atoms with Crippen molar-refractivity contribution in [1.29, 1.82) is 0 Å². The van der Waals surface area contributed by atoms with Gasteiger partial charge in [0.2, 0.25) is 0 Å². The Bertz CT molecular complexity index is 1050. The average molecular weight is 724 g/mol. The summed E-state index contributed by atoms with van der Waals surface area (Å²) in [7, 11) is 0. The molecule has 0 spiro atoms. The van der Waals surface area contributed by atoms with Crippen molar-refractivity contribution in [2.24, 2.45) is 0 Å². The van der Waals surface area contributed by atoms with Gasteiger partial charge in [0.1, 0.15) is 13.2 Å². The largest absolute Gasteiger partial charge is 0.461 e. The third-order valence-corrected chi connectivity index (χ3v) is 7.46. The first-order valence-corrected chi connectivity index (χ1v) is 17.7. The molecule has 14 heteroatoms. The van der Waals surface area contributed by atoms with Crippen molar-refractivity contribution < 1.29 is 48.0 Å². The number of carbonyl (C=O) groups is 4. The van der Waals surface area contributed by atoms with E-state index in [1.54, 1.807) is 0 Å². The van der Waals surface area contributed by atoms with Gasteiger partial charge in [0.05, 0.1) is 19.8 Å². The lowest BCUT2D eigenvalue weighted by molar-refractivity contribution is -0.169. The molecule has 2 fully saturated rings. The summed E-state index contributed by atoms with van der Waals surface area (Å²) < 4.78 is 26.6. The lowest BCUT2D eigenvalue weighted by Crippen LogP contribution is -2.40. The number of cyclic esters (lactones) is 2. The van der Waals surface area contributed by atoms with Crippen molar-refractivity contribution >= 4 is 63.2 Å². The second-order valence-electron chi connectivity index (χ2n) is 11.6. The van der Waals surface area contributed by atoms with Crippen LogP contribution < -0.4 is 0 Å². The summed E-state index contributed by atoms with van der Waals surface area (Å²) >= 11 is 14.4. The van der Waals surface area contributed by atoms with Gasteiger partial charge >= 0.3 is 28.8 Å². The molecule has 0 amide bonds. The lowest BCUT2D eigenvalue weighted by Gasteiger charge is -2.27. The Kier molecular flexibility index (Phi) is 22.9. The van der Waals surface area contributed by atoms with Crippen molar-refractivity contribution in [2.75, 3.05) is 26.4 Å². The molecule has 0 saturated carbocycles. The molecule has 2 aliphatic rings. The van der Waals surface area contributed by atoms with E-state index in [2.05, 4.69) is 13.8 Å². The first kappa shape index (κ1) is 43.0. The fourth-order valence-electron chi connectivity index (χ4n) is 4.74. The summed E-state index contributed by atoms with van der Waals surface area (Å²) in [6.45, 7) is 4.63. The van der Waals surface area contributed by atoms with Gasteiger partial charge in [-0.15, -0.1) is 0 Å². The van der Waals surface area contributed by atoms with Gasteiger partial charge in [0.15, 0.2) is 11.2 Å². The van der Waals surface area contributed by atoms with Crippen LogP contribution >= 0.6 is 34.4 Å². The Morgan fingerprint density at radius 1 is 0.766 bits per heavy atom. The molecular formula is C33H50BCl3O10. The van der Waals surface area contributed by atoms with Crippen LogP contribution in [0.4, 0.5) is 0 Å². The number of aliphatic hydroxyl groups is 1. The van der Waals surface area contributed by atoms with E-state index in [1.165, 1.54) is 0 Å². The number of carbonyl (C=O) groups excluding carboxylic acids is 4. The first-order chi connectivity index (χ1) is 22.5. The summed E-state index contributed by atoms with van der Waals surface area (Å²) in [5.41, 5.74) is -0.795. The quantitative estimate of drug-likeness (QED) is 0.0685. The van der Waals surface area contributed by atoms with E-state index < -0.39 is 16.2 Å². The van der Waals surface area contributed by atoms with E-state index >= 15 is 0 Å². The molecular weight excluding hydrogens is 674 g/mol. The third-order valence-electron chi connectivity index (χ3n) is 7.46. The molecule has 0 radical (unpaired) electrons. The van der Waals surface area contributed by atoms with Gasteiger partial charge in [0.25, 0.3) is 0 Å². The van der Waals surface area contributed by atoms with Gasteiger partial charge in [-0.3, -0.25) is 19.2 Å². The molecule has 10 nitrogen and oxygen atoms in total. The molecule has 0 aromatic heterocycles. The van der Waals surface area contributed by atoms with Gasteiger partial charge in [0, 0.05) is 38.5 Å². The van der Waals surface area contributed by atoms with E-state index in [0.717, 1.165) is 56.9 Å². The van der Waals surface area contributed by atoms with Crippen LogP contribution in [0.3, 0.4) is 0 Å². The summed E-state index contributed by atoms with van der Waals surface area (Å²) in [6, 6.07) is 9.80. The van der Waals surface area contributed by atoms with E-state index in [0.29, 0.717) is 38.7 Å². The van der Waals surface area contributed by atoms with Crippen molar-refractivity contribution in [1.82, 2.24) is 0 Å². The summed E-state index contributed by atoms with van der Waals surface area (Å²) in [5.74, 6) is -1.13. The highest BCUT2D eigenvalue weighted by Crippen LogP contribution is 2.29. The van der Waals surface area contributed by atoms with Gasteiger partial charge in [-0.2, -0.15) is 34.4 Å². The molecule has 2 aliphatic heterocycles. The van der Waals surface area contributed by atoms with Gasteiger partial charge in [-0.05, 0) is 18.4 Å². The number of hydrogen-bond acceptors (Lipinski definition) is 10. The monoisotopic (exact) mass is 722 g/mol. The second-order valence-corrected chi connectivity index (χ2v) is 13.6. The highest BCUT2D eigenvalue weighted by atomic mass is 35.6. The number of aliphatic hydroxyl groups excluding tert-OH is 1. The maximum absolute atomic E-state index is 11.9. The van der Waals surface area contributed by atoms with Crippen LogP contribution in [0.15, 0.2) is 30.3 Å². The summed E-state index contributed by atoms with van der Waals surface area (Å²) in [4.78, 5) is 45.2. The van der Waals surface area contributed by atoms with Crippen molar-refractivity contribution in [2.45, 2.75) is 122 Å². The zero-order valence-corrected chi connectivity index (χ0v) is 29.9. The molecule has 47 heavy (non-hydrogen) atoms. The SMILES string of the molecule is CCCCCCC(=O)OCC1(CO)CCC(=O)O1.CCCCCCC(=O)OCC1(COCc2ccccc2)CCC(=O)O1.ClB(Cl)Cl. The molecule has 1 aromatic rings. The van der Waals surface area contributed by atoms with Crippen LogP contribution in [0.5, 0.6) is 0 Å². The van der Waals surface area contributed by atoms with Gasteiger partial charge in [-0.1, -0.05) is 82.7 Å². The Labute approximate surface area is 294 Å². The van der Waals surface area contributed by atoms with Crippen molar-refractivity contribution in [3.63, 3.8) is 0 Å². The molecule has 1 N–H and O–H groups in total. The zero-order chi connectivity index (χ0) is 35.0. The maximum Gasteiger partial charge on any atom is 0.450 e. The Balaban J connectivity index is 0.000000440. The van der Waals surface area contributed by atoms with Crippen LogP contribution in [0.25, 0.3) is 0 Å². The predicted octanol–water partition coefficient (Wildman–Crippen LogP) is 7.05. The van der Waals surface area contributed by atoms with Gasteiger partial charge in [-0.25, -0.2) is 0 Å². The second kappa shape index (κ2) is 25.0. The van der Waals surface area contributed by atoms with Crippen LogP contribution in [0, 0.1) is 0 Å². The van der Waals surface area contributed by atoms with E-state index in [-0.39, 0.29) is 56.7 Å². The Morgan fingerprint density at radius 3 is 1.66 bits per heavy atom. The number of benzene rings is 1. The minimum Gasteiger partial charge on any atom is -0.461 e. The lowest BCUT2D eigenvalue weighted by atomic mass is 10.0. The highest BCUT2D eigenvalue weighted by Gasteiger charge is 2.42. The van der Waals surface area contributed by atoms with Crippen LogP contribution in [0.2, 0.25) is 0 Å². The molecule has 2 heterocycles. The van der Waals surface area contributed by atoms with E-state index in [9.17, 15) is 24.3 Å². The Morgan fingerprint density at radius 2 is 1.23 bits per heavy atom. The van der Waals surface area contributed by atoms with Crippen LogP contribution in [-0.4, -0.2) is 71.6 Å². The number of rotatable bonds is 19. The fourth-order valence-corrected chi connectivity index (χ4v) is 4.74. The molecule has 2 saturated heterocycles. The number of ether oxygens (including phenoxy) is 5. The van der Waals surface area contributed by atoms with E-state index in [1.807, 2.05) is 30.3 Å². The van der Waals surface area contributed by atoms with Crippen LogP contribution in [0.1, 0.15) is 109 Å². The summed E-state index contributed by atoms with van der Waals surface area (Å²) in [5, 5.41) is 9.22. The van der Waals surface area contributed by atoms with Crippen molar-refractivity contribution in [3.05, 3.63) is 35.9 Å². The van der Waals surface area contributed by atoms with Crippen LogP contribution in [-0.2, 0) is 49.5 Å². The molecule has 2 unspecified atom stereocenters. The third kappa shape index (κ3) is 20.2.